The van der Waals surface area contributed by atoms with Crippen LogP contribution in [0.5, 0.6) is 0 Å². The second kappa shape index (κ2) is 8.23. The number of sulfonamides is 1. The Morgan fingerprint density at radius 3 is 2.60 bits per heavy atom. The quantitative estimate of drug-likeness (QED) is 0.634. The number of aromatic nitrogens is 1. The molecule has 1 aromatic heterocycles. The van der Waals surface area contributed by atoms with E-state index in [9.17, 15) is 18.0 Å². The number of benzene rings is 2. The molecule has 0 bridgehead atoms. The highest BCUT2D eigenvalue weighted by Crippen LogP contribution is 2.23. The van der Waals surface area contributed by atoms with E-state index in [1.54, 1.807) is 24.3 Å². The average Bonchev–Trinajstić information content (AvgIpc) is 3.04. The lowest BCUT2D eigenvalue weighted by Crippen LogP contribution is -2.40. The lowest BCUT2D eigenvalue weighted by Gasteiger charge is -2.25. The average molecular weight is 452 g/mol. The number of ether oxygens (including phenoxy) is 1. The summed E-state index contributed by atoms with van der Waals surface area (Å²) in [5.74, 6) is -1.24. The fourth-order valence-corrected chi connectivity index (χ4v) is 4.80. The van der Waals surface area contributed by atoms with Crippen LogP contribution in [0, 0.1) is 0 Å². The van der Waals surface area contributed by atoms with Gasteiger partial charge in [-0.2, -0.15) is 4.31 Å². The Morgan fingerprint density at radius 1 is 1.13 bits per heavy atom. The van der Waals surface area contributed by atoms with Gasteiger partial charge in [-0.05, 0) is 24.3 Å². The van der Waals surface area contributed by atoms with Crippen molar-refractivity contribution in [3.05, 3.63) is 58.0 Å². The van der Waals surface area contributed by atoms with Gasteiger partial charge in [-0.1, -0.05) is 23.7 Å². The maximum absolute atomic E-state index is 12.8. The molecule has 1 amide bonds. The van der Waals surface area contributed by atoms with E-state index < -0.39 is 21.7 Å². The highest BCUT2D eigenvalue weighted by atomic mass is 35.5. The molecule has 0 unspecified atom stereocenters. The van der Waals surface area contributed by atoms with Crippen LogP contribution in [0.3, 0.4) is 0 Å². The SMILES string of the molecule is O=C(Cn1c(=O)oc2cc(S(=O)(=O)N3CCOCC3)ccc21)Nc1ccccc1Cl. The molecule has 30 heavy (non-hydrogen) atoms. The van der Waals surface area contributed by atoms with E-state index in [0.29, 0.717) is 29.4 Å². The van der Waals surface area contributed by atoms with Gasteiger partial charge in [0.15, 0.2) is 5.58 Å². The molecule has 2 heterocycles. The number of hydrogen-bond acceptors (Lipinski definition) is 6. The molecule has 3 aromatic rings. The number of halogens is 1. The molecular formula is C19H18ClN3O6S. The van der Waals surface area contributed by atoms with Crippen molar-refractivity contribution in [2.24, 2.45) is 0 Å². The second-order valence-electron chi connectivity index (χ2n) is 6.63. The van der Waals surface area contributed by atoms with Crippen molar-refractivity contribution in [1.82, 2.24) is 8.87 Å². The van der Waals surface area contributed by atoms with Crippen LogP contribution in [0.2, 0.25) is 5.02 Å². The molecule has 9 nitrogen and oxygen atoms in total. The van der Waals surface area contributed by atoms with E-state index in [-0.39, 0.29) is 30.1 Å². The Kier molecular flexibility index (Phi) is 5.65. The summed E-state index contributed by atoms with van der Waals surface area (Å²) in [4.78, 5) is 24.7. The van der Waals surface area contributed by atoms with Gasteiger partial charge in [0.25, 0.3) is 0 Å². The summed E-state index contributed by atoms with van der Waals surface area (Å²) < 4.78 is 38.4. The zero-order chi connectivity index (χ0) is 21.3. The first-order valence-electron chi connectivity index (χ1n) is 9.12. The van der Waals surface area contributed by atoms with Crippen LogP contribution in [0.4, 0.5) is 5.69 Å². The fraction of sp³-hybridized carbons (Fsp3) is 0.263. The van der Waals surface area contributed by atoms with Crippen LogP contribution in [0.25, 0.3) is 11.1 Å². The van der Waals surface area contributed by atoms with E-state index in [0.717, 1.165) is 4.57 Å². The molecule has 1 aliphatic rings. The summed E-state index contributed by atoms with van der Waals surface area (Å²) in [6.45, 7) is 0.856. The number of oxazole rings is 1. The first-order chi connectivity index (χ1) is 14.4. The Bertz CT molecular complexity index is 1260. The van der Waals surface area contributed by atoms with E-state index in [1.165, 1.54) is 22.5 Å². The number of hydrogen-bond donors (Lipinski definition) is 1. The van der Waals surface area contributed by atoms with Gasteiger partial charge in [0.05, 0.1) is 34.3 Å². The third-order valence-electron chi connectivity index (χ3n) is 4.70. The lowest BCUT2D eigenvalue weighted by atomic mass is 10.3. The minimum absolute atomic E-state index is 0.0123. The number of morpholine rings is 1. The van der Waals surface area contributed by atoms with Gasteiger partial charge in [-0.25, -0.2) is 13.2 Å². The van der Waals surface area contributed by atoms with Crippen LogP contribution in [-0.4, -0.2) is 49.5 Å². The van der Waals surface area contributed by atoms with Crippen LogP contribution in [0.15, 0.2) is 56.6 Å². The zero-order valence-corrected chi connectivity index (χ0v) is 17.3. The molecule has 0 atom stereocenters. The Hall–Kier alpha value is -2.66. The molecule has 4 rings (SSSR count). The number of para-hydroxylation sites is 1. The van der Waals surface area contributed by atoms with E-state index in [2.05, 4.69) is 5.32 Å². The van der Waals surface area contributed by atoms with Crippen LogP contribution < -0.4 is 11.1 Å². The van der Waals surface area contributed by atoms with E-state index in [4.69, 9.17) is 20.8 Å². The molecule has 0 radical (unpaired) electrons. The van der Waals surface area contributed by atoms with Crippen LogP contribution in [-0.2, 0) is 26.1 Å². The molecule has 0 aliphatic carbocycles. The normalized spacial score (nSPS) is 15.4. The second-order valence-corrected chi connectivity index (χ2v) is 8.97. The highest BCUT2D eigenvalue weighted by Gasteiger charge is 2.27. The summed E-state index contributed by atoms with van der Waals surface area (Å²) in [7, 11) is -3.74. The molecule has 1 aliphatic heterocycles. The number of fused-ring (bicyclic) bond motifs is 1. The third kappa shape index (κ3) is 3.99. The van der Waals surface area contributed by atoms with Gasteiger partial charge in [0, 0.05) is 19.2 Å². The fourth-order valence-electron chi connectivity index (χ4n) is 3.19. The Balaban J connectivity index is 1.60. The molecule has 0 spiro atoms. The minimum atomic E-state index is -3.74. The van der Waals surface area contributed by atoms with Gasteiger partial charge >= 0.3 is 5.76 Å². The third-order valence-corrected chi connectivity index (χ3v) is 6.92. The number of amides is 1. The first kappa shape index (κ1) is 20.6. The van der Waals surface area contributed by atoms with Gasteiger partial charge < -0.3 is 14.5 Å². The molecule has 2 aromatic carbocycles. The number of carbonyl (C=O) groups is 1. The summed E-state index contributed by atoms with van der Waals surface area (Å²) >= 11 is 6.03. The van der Waals surface area contributed by atoms with Crippen molar-refractivity contribution in [3.8, 4) is 0 Å². The predicted octanol–water partition coefficient (Wildman–Crippen LogP) is 1.91. The molecule has 1 saturated heterocycles. The number of nitrogens with zero attached hydrogens (tertiary/aromatic N) is 2. The largest absolute Gasteiger partial charge is 0.420 e. The van der Waals surface area contributed by atoms with Crippen molar-refractivity contribution in [2.75, 3.05) is 31.6 Å². The molecule has 158 valence electrons. The summed E-state index contributed by atoms with van der Waals surface area (Å²) in [5, 5.41) is 3.00. The zero-order valence-electron chi connectivity index (χ0n) is 15.7. The van der Waals surface area contributed by atoms with Gasteiger partial charge in [0.2, 0.25) is 15.9 Å². The molecular weight excluding hydrogens is 434 g/mol. The van der Waals surface area contributed by atoms with Crippen molar-refractivity contribution in [2.45, 2.75) is 11.4 Å². The summed E-state index contributed by atoms with van der Waals surface area (Å²) in [5.41, 5.74) is 0.819. The number of anilines is 1. The monoisotopic (exact) mass is 451 g/mol. The van der Waals surface area contributed by atoms with Gasteiger partial charge in [-0.3, -0.25) is 9.36 Å². The number of rotatable bonds is 5. The number of nitrogens with one attached hydrogen (secondary N) is 1. The highest BCUT2D eigenvalue weighted by molar-refractivity contribution is 7.89. The molecule has 1 fully saturated rings. The van der Waals surface area contributed by atoms with E-state index >= 15 is 0 Å². The standard InChI is InChI=1S/C19H18ClN3O6S/c20-14-3-1-2-4-15(14)21-18(24)12-23-16-6-5-13(11-17(16)29-19(23)25)30(26,27)22-7-9-28-10-8-22/h1-6,11H,7-10,12H2,(H,21,24). The van der Waals surface area contributed by atoms with Gasteiger partial charge in [0.1, 0.15) is 6.54 Å². The molecule has 11 heteroatoms. The smallest absolute Gasteiger partial charge is 0.408 e. The molecule has 0 saturated carbocycles. The Morgan fingerprint density at radius 2 is 1.87 bits per heavy atom. The maximum Gasteiger partial charge on any atom is 0.420 e. The van der Waals surface area contributed by atoms with Crippen LogP contribution in [0.1, 0.15) is 0 Å². The molecule has 1 N–H and O–H groups in total. The van der Waals surface area contributed by atoms with Crippen molar-refractivity contribution in [1.29, 1.82) is 0 Å². The minimum Gasteiger partial charge on any atom is -0.408 e. The maximum atomic E-state index is 12.8. The van der Waals surface area contributed by atoms with Crippen molar-refractivity contribution in [3.63, 3.8) is 0 Å². The van der Waals surface area contributed by atoms with E-state index in [1.807, 2.05) is 0 Å². The first-order valence-corrected chi connectivity index (χ1v) is 10.9. The number of carbonyl (C=O) groups excluding carboxylic acids is 1. The summed E-state index contributed by atoms with van der Waals surface area (Å²) in [6.07, 6.45) is 0. The van der Waals surface area contributed by atoms with Crippen molar-refractivity contribution < 1.29 is 22.4 Å². The topological polar surface area (TPSA) is 111 Å². The Labute approximate surface area is 176 Å². The van der Waals surface area contributed by atoms with Gasteiger partial charge in [-0.15, -0.1) is 0 Å². The predicted molar refractivity (Wildman–Crippen MR) is 110 cm³/mol. The van der Waals surface area contributed by atoms with Crippen LogP contribution >= 0.6 is 11.6 Å². The lowest BCUT2D eigenvalue weighted by molar-refractivity contribution is -0.116. The summed E-state index contributed by atoms with van der Waals surface area (Å²) in [6, 6.07) is 10.9. The van der Waals surface area contributed by atoms with Crippen molar-refractivity contribution >= 4 is 44.3 Å².